The van der Waals surface area contributed by atoms with E-state index in [1.54, 1.807) is 13.1 Å². The Morgan fingerprint density at radius 2 is 1.54 bits per heavy atom. The first kappa shape index (κ1) is 30.9. The lowest BCUT2D eigenvalue weighted by Gasteiger charge is -2.29. The minimum atomic E-state index is -0.921. The highest BCUT2D eigenvalue weighted by molar-refractivity contribution is 5.95. The largest absolute Gasteiger partial charge is 0.449 e. The number of nitrogens with zero attached hydrogens (tertiary/aromatic N) is 1. The van der Waals surface area contributed by atoms with Crippen LogP contribution < -0.4 is 15.4 Å². The topological polar surface area (TPSA) is 130 Å². The molecular formula is C36H38N4O6. The molecule has 4 aromatic rings. The fourth-order valence-electron chi connectivity index (χ4n) is 6.48. The molecule has 0 saturated carbocycles. The van der Waals surface area contributed by atoms with Crippen molar-refractivity contribution in [2.45, 2.75) is 57.7 Å². The van der Waals surface area contributed by atoms with Gasteiger partial charge in [-0.3, -0.25) is 9.59 Å². The zero-order chi connectivity index (χ0) is 32.4. The van der Waals surface area contributed by atoms with E-state index < -0.39 is 42.0 Å². The van der Waals surface area contributed by atoms with Crippen LogP contribution in [0.1, 0.15) is 50.7 Å². The van der Waals surface area contributed by atoms with Crippen LogP contribution in [0, 0.1) is 5.92 Å². The summed E-state index contributed by atoms with van der Waals surface area (Å²) in [5.74, 6) is -1.41. The van der Waals surface area contributed by atoms with Crippen molar-refractivity contribution < 1.29 is 28.7 Å². The normalized spacial score (nSPS) is 16.9. The second kappa shape index (κ2) is 13.1. The molecule has 46 heavy (non-hydrogen) atoms. The Morgan fingerprint density at radius 3 is 2.24 bits per heavy atom. The Morgan fingerprint density at radius 1 is 0.891 bits per heavy atom. The summed E-state index contributed by atoms with van der Waals surface area (Å²) in [4.78, 5) is 57.5. The number of esters is 1. The number of aromatic nitrogens is 1. The predicted octanol–water partition coefficient (Wildman–Crippen LogP) is 5.13. The van der Waals surface area contributed by atoms with Crippen molar-refractivity contribution in [1.82, 2.24) is 20.5 Å². The van der Waals surface area contributed by atoms with Gasteiger partial charge in [-0.2, -0.15) is 0 Å². The van der Waals surface area contributed by atoms with Gasteiger partial charge in [0.05, 0.1) is 0 Å². The number of hydrogen-bond donors (Lipinski definition) is 3. The standard InChI is InChI=1S/C36H38N4O6/c1-21(2)32(35(43)46-31-19-37-29-16-9-8-15-27(29)31)39-33(41)30-17-10-18-40(30)34(42)22(3)38-36(44)45-20-28-25-13-6-4-11-23(25)24-12-5-7-14-26(24)28/h4-9,11-16,19,21-22,28,30,32,37H,10,17-18,20H2,1-3H3,(H,38,44)(H,39,41)/t22-,30-,32-/m0/s1. The summed E-state index contributed by atoms with van der Waals surface area (Å²) in [6.45, 7) is 5.70. The molecule has 1 aromatic heterocycles. The van der Waals surface area contributed by atoms with E-state index in [-0.39, 0.29) is 18.4 Å². The Kier molecular flexibility index (Phi) is 8.78. The van der Waals surface area contributed by atoms with E-state index >= 15 is 0 Å². The van der Waals surface area contributed by atoms with Gasteiger partial charge in [0, 0.05) is 29.6 Å². The van der Waals surface area contributed by atoms with Crippen molar-refractivity contribution in [2.24, 2.45) is 5.92 Å². The minimum Gasteiger partial charge on any atom is -0.449 e. The summed E-state index contributed by atoms with van der Waals surface area (Å²) >= 11 is 0. The summed E-state index contributed by atoms with van der Waals surface area (Å²) in [6, 6.07) is 21.0. The Hall–Kier alpha value is -5.12. The van der Waals surface area contributed by atoms with Gasteiger partial charge in [-0.15, -0.1) is 0 Å². The maximum absolute atomic E-state index is 13.5. The van der Waals surface area contributed by atoms with Gasteiger partial charge >= 0.3 is 12.1 Å². The third kappa shape index (κ3) is 6.07. The lowest BCUT2D eigenvalue weighted by Crippen LogP contribution is -2.56. The van der Waals surface area contributed by atoms with E-state index in [2.05, 4.69) is 27.8 Å². The zero-order valence-corrected chi connectivity index (χ0v) is 26.1. The Bertz CT molecular complexity index is 1740. The average Bonchev–Trinajstić information content (AvgIpc) is 3.78. The molecular weight excluding hydrogens is 584 g/mol. The van der Waals surface area contributed by atoms with E-state index in [1.807, 2.05) is 74.5 Å². The minimum absolute atomic E-state index is 0.104. The summed E-state index contributed by atoms with van der Waals surface area (Å²) in [6.07, 6.45) is 1.97. The number of benzene rings is 3. The van der Waals surface area contributed by atoms with Crippen molar-refractivity contribution in [3.05, 3.63) is 90.1 Å². The first-order chi connectivity index (χ1) is 22.2. The molecule has 3 aromatic carbocycles. The molecule has 1 aliphatic carbocycles. The number of ether oxygens (including phenoxy) is 2. The van der Waals surface area contributed by atoms with Crippen molar-refractivity contribution in [3.63, 3.8) is 0 Å². The summed E-state index contributed by atoms with van der Waals surface area (Å²) in [7, 11) is 0. The van der Waals surface area contributed by atoms with Crippen molar-refractivity contribution in [2.75, 3.05) is 13.2 Å². The van der Waals surface area contributed by atoms with E-state index in [0.29, 0.717) is 25.1 Å². The van der Waals surface area contributed by atoms with Gasteiger partial charge in [0.1, 0.15) is 24.7 Å². The lowest BCUT2D eigenvalue weighted by atomic mass is 9.98. The highest BCUT2D eigenvalue weighted by Crippen LogP contribution is 2.44. The van der Waals surface area contributed by atoms with Crippen LogP contribution in [0.2, 0.25) is 0 Å². The molecule has 3 amide bonds. The molecule has 238 valence electrons. The number of rotatable bonds is 9. The molecule has 2 aliphatic rings. The number of amides is 3. The second-order valence-corrected chi connectivity index (χ2v) is 12.2. The first-order valence-corrected chi connectivity index (χ1v) is 15.7. The van der Waals surface area contributed by atoms with Gasteiger partial charge in [-0.05, 0) is 60.1 Å². The summed E-state index contributed by atoms with van der Waals surface area (Å²) < 4.78 is 11.3. The lowest BCUT2D eigenvalue weighted by molar-refractivity contribution is -0.143. The number of alkyl carbamates (subject to hydrolysis) is 1. The number of hydrogen-bond acceptors (Lipinski definition) is 6. The fraction of sp³-hybridized carbons (Fsp3) is 0.333. The van der Waals surface area contributed by atoms with Crippen LogP contribution in [0.4, 0.5) is 4.79 Å². The molecule has 0 spiro atoms. The maximum atomic E-state index is 13.5. The zero-order valence-electron chi connectivity index (χ0n) is 26.1. The Labute approximate surface area is 267 Å². The van der Waals surface area contributed by atoms with E-state index in [4.69, 9.17) is 9.47 Å². The number of carbonyl (C=O) groups is 4. The van der Waals surface area contributed by atoms with Crippen LogP contribution in [0.25, 0.3) is 22.0 Å². The highest BCUT2D eigenvalue weighted by atomic mass is 16.5. The number of carbonyl (C=O) groups excluding carboxylic acids is 4. The number of para-hydroxylation sites is 1. The van der Waals surface area contributed by atoms with Crippen LogP contribution in [0.15, 0.2) is 79.0 Å². The Balaban J connectivity index is 1.05. The molecule has 6 rings (SSSR count). The molecule has 0 bridgehead atoms. The van der Waals surface area contributed by atoms with Crippen molar-refractivity contribution in [3.8, 4) is 16.9 Å². The third-order valence-corrected chi connectivity index (χ3v) is 8.87. The highest BCUT2D eigenvalue weighted by Gasteiger charge is 2.39. The molecule has 10 heteroatoms. The SMILES string of the molecule is CC(C)[C@H](NC(=O)[C@@H]1CCCN1C(=O)[C@H](C)NC(=O)OCC1c2ccccc2-c2ccccc21)C(=O)Oc1c[nH]c2ccccc12. The molecule has 10 nitrogen and oxygen atoms in total. The number of nitrogens with one attached hydrogen (secondary N) is 3. The van der Waals surface area contributed by atoms with E-state index in [0.717, 1.165) is 33.2 Å². The average molecular weight is 623 g/mol. The van der Waals surface area contributed by atoms with Gasteiger partial charge in [-0.1, -0.05) is 74.5 Å². The fourth-order valence-corrected chi connectivity index (χ4v) is 6.48. The second-order valence-electron chi connectivity index (χ2n) is 12.2. The van der Waals surface area contributed by atoms with Crippen molar-refractivity contribution >= 4 is 34.8 Å². The molecule has 1 fully saturated rings. The van der Waals surface area contributed by atoms with Gasteiger partial charge in [0.25, 0.3) is 0 Å². The molecule has 2 heterocycles. The third-order valence-electron chi connectivity index (χ3n) is 8.87. The van der Waals surface area contributed by atoms with E-state index in [1.165, 1.54) is 4.90 Å². The number of aromatic amines is 1. The summed E-state index contributed by atoms with van der Waals surface area (Å²) in [5, 5.41) is 6.22. The van der Waals surface area contributed by atoms with Crippen LogP contribution >= 0.6 is 0 Å². The predicted molar refractivity (Wildman–Crippen MR) is 173 cm³/mol. The van der Waals surface area contributed by atoms with E-state index in [9.17, 15) is 19.2 Å². The van der Waals surface area contributed by atoms with Gasteiger partial charge in [0.2, 0.25) is 11.8 Å². The molecule has 3 atom stereocenters. The molecule has 1 saturated heterocycles. The number of H-pyrrole nitrogens is 1. The molecule has 3 N–H and O–H groups in total. The first-order valence-electron chi connectivity index (χ1n) is 15.7. The molecule has 0 unspecified atom stereocenters. The number of fused-ring (bicyclic) bond motifs is 4. The maximum Gasteiger partial charge on any atom is 0.407 e. The van der Waals surface area contributed by atoms with Crippen LogP contribution in [0.5, 0.6) is 5.75 Å². The smallest absolute Gasteiger partial charge is 0.407 e. The van der Waals surface area contributed by atoms with Crippen molar-refractivity contribution in [1.29, 1.82) is 0 Å². The van der Waals surface area contributed by atoms with Crippen LogP contribution in [-0.4, -0.2) is 65.0 Å². The monoisotopic (exact) mass is 622 g/mol. The van der Waals surface area contributed by atoms with Gasteiger partial charge in [-0.25, -0.2) is 9.59 Å². The van der Waals surface area contributed by atoms with Crippen LogP contribution in [0.3, 0.4) is 0 Å². The van der Waals surface area contributed by atoms with Crippen LogP contribution in [-0.2, 0) is 19.1 Å². The van der Waals surface area contributed by atoms with Gasteiger partial charge in [0.15, 0.2) is 5.75 Å². The molecule has 0 radical (unpaired) electrons. The van der Waals surface area contributed by atoms with Gasteiger partial charge < -0.3 is 30.0 Å². The number of likely N-dealkylation sites (tertiary alicyclic amines) is 1. The molecule has 1 aliphatic heterocycles. The quantitative estimate of drug-likeness (QED) is 0.222. The summed E-state index contributed by atoms with van der Waals surface area (Å²) in [5.41, 5.74) is 5.27.